The summed E-state index contributed by atoms with van der Waals surface area (Å²) in [5, 5.41) is 2.76. The van der Waals surface area contributed by atoms with Crippen LogP contribution in [0.2, 0.25) is 0 Å². The standard InChI is InChI=1S/C25H28F2N6O2/c26-7-8-28-25(35)22-6-4-19(15-29-22)33-11-9-32(10-12-33)18-3-1-16(13-18)23-30-21-5-2-17(27)14-20(21)24(34)31-23/h2,4-6,14-16,18H,1,3,7-13H2,(H,28,35)(H,30,31,34)/t16-,18+/m1/s1. The molecule has 1 saturated carbocycles. The fourth-order valence-corrected chi connectivity index (χ4v) is 5.16. The van der Waals surface area contributed by atoms with Crippen LogP contribution >= 0.6 is 0 Å². The van der Waals surface area contributed by atoms with Gasteiger partial charge in [0.15, 0.2) is 0 Å². The molecule has 0 radical (unpaired) electrons. The van der Waals surface area contributed by atoms with Crippen molar-refractivity contribution < 1.29 is 13.6 Å². The lowest BCUT2D eigenvalue weighted by atomic mass is 10.1. The molecular weight excluding hydrogens is 454 g/mol. The van der Waals surface area contributed by atoms with E-state index < -0.39 is 12.5 Å². The Balaban J connectivity index is 1.17. The lowest BCUT2D eigenvalue weighted by Crippen LogP contribution is -2.49. The van der Waals surface area contributed by atoms with Gasteiger partial charge < -0.3 is 15.2 Å². The Morgan fingerprint density at radius 3 is 2.71 bits per heavy atom. The molecule has 8 nitrogen and oxygen atoms in total. The highest BCUT2D eigenvalue weighted by Gasteiger charge is 2.33. The van der Waals surface area contributed by atoms with Crippen molar-refractivity contribution in [1.29, 1.82) is 0 Å². The lowest BCUT2D eigenvalue weighted by Gasteiger charge is -2.39. The second kappa shape index (κ2) is 10.1. The topological polar surface area (TPSA) is 94.2 Å². The van der Waals surface area contributed by atoms with Crippen molar-refractivity contribution >= 4 is 22.5 Å². The van der Waals surface area contributed by atoms with Crippen LogP contribution < -0.4 is 15.8 Å². The van der Waals surface area contributed by atoms with Gasteiger partial charge in [0.25, 0.3) is 11.5 Å². The van der Waals surface area contributed by atoms with Crippen molar-refractivity contribution in [3.63, 3.8) is 0 Å². The third-order valence-electron chi connectivity index (χ3n) is 7.03. The molecule has 2 atom stereocenters. The average Bonchev–Trinajstić information content (AvgIpc) is 3.38. The van der Waals surface area contributed by atoms with Crippen LogP contribution in [0.1, 0.15) is 41.5 Å². The number of pyridine rings is 1. The summed E-state index contributed by atoms with van der Waals surface area (Å²) < 4.78 is 25.7. The summed E-state index contributed by atoms with van der Waals surface area (Å²) in [6, 6.07) is 8.10. The van der Waals surface area contributed by atoms with E-state index in [4.69, 9.17) is 0 Å². The number of aromatic nitrogens is 3. The number of anilines is 1. The third kappa shape index (κ3) is 5.02. The first-order valence-corrected chi connectivity index (χ1v) is 12.0. The number of hydrogen-bond acceptors (Lipinski definition) is 6. The first-order chi connectivity index (χ1) is 17.0. The first kappa shape index (κ1) is 23.3. The van der Waals surface area contributed by atoms with Crippen LogP contribution in [0.15, 0.2) is 41.3 Å². The fourth-order valence-electron chi connectivity index (χ4n) is 5.16. The SMILES string of the molecule is O=C(NCCF)c1ccc(N2CCN([C@H]3CC[C@@H](c4nc5ccc(F)cc5c(=O)[nH]4)C3)CC2)cn1. The van der Waals surface area contributed by atoms with E-state index in [1.165, 1.54) is 12.1 Å². The highest BCUT2D eigenvalue weighted by molar-refractivity contribution is 5.92. The van der Waals surface area contributed by atoms with Crippen molar-refractivity contribution in [2.24, 2.45) is 0 Å². The molecule has 184 valence electrons. The molecule has 1 aromatic carbocycles. The van der Waals surface area contributed by atoms with E-state index in [1.807, 2.05) is 6.07 Å². The van der Waals surface area contributed by atoms with Gasteiger partial charge in [0.1, 0.15) is 24.0 Å². The molecule has 10 heteroatoms. The number of fused-ring (bicyclic) bond motifs is 1. The number of H-pyrrole nitrogens is 1. The number of piperazine rings is 1. The largest absolute Gasteiger partial charge is 0.368 e. The maximum absolute atomic E-state index is 13.5. The van der Waals surface area contributed by atoms with E-state index in [2.05, 4.69) is 30.1 Å². The van der Waals surface area contributed by atoms with E-state index in [0.717, 1.165) is 51.1 Å². The van der Waals surface area contributed by atoms with Gasteiger partial charge in [0, 0.05) is 44.7 Å². The van der Waals surface area contributed by atoms with Gasteiger partial charge in [-0.25, -0.2) is 18.7 Å². The summed E-state index contributed by atoms with van der Waals surface area (Å²) in [7, 11) is 0. The van der Waals surface area contributed by atoms with Crippen molar-refractivity contribution in [3.8, 4) is 0 Å². The van der Waals surface area contributed by atoms with Gasteiger partial charge in [-0.3, -0.25) is 14.5 Å². The Labute approximate surface area is 201 Å². The third-order valence-corrected chi connectivity index (χ3v) is 7.03. The molecule has 2 aliphatic rings. The molecule has 2 N–H and O–H groups in total. The quantitative estimate of drug-likeness (QED) is 0.561. The molecule has 0 bridgehead atoms. The van der Waals surface area contributed by atoms with E-state index >= 15 is 0 Å². The number of amides is 1. The summed E-state index contributed by atoms with van der Waals surface area (Å²) in [5.74, 6) is 0.0603. The molecule has 35 heavy (non-hydrogen) atoms. The van der Waals surface area contributed by atoms with Crippen LogP contribution in [-0.4, -0.2) is 71.2 Å². The smallest absolute Gasteiger partial charge is 0.269 e. The van der Waals surface area contributed by atoms with Gasteiger partial charge in [-0.15, -0.1) is 0 Å². The number of nitrogens with one attached hydrogen (secondary N) is 2. The van der Waals surface area contributed by atoms with Crippen LogP contribution in [0.25, 0.3) is 10.9 Å². The maximum Gasteiger partial charge on any atom is 0.269 e. The molecule has 0 unspecified atom stereocenters. The number of alkyl halides is 1. The van der Waals surface area contributed by atoms with Crippen molar-refractivity contribution in [3.05, 3.63) is 64.2 Å². The van der Waals surface area contributed by atoms with E-state index in [0.29, 0.717) is 17.4 Å². The van der Waals surface area contributed by atoms with Gasteiger partial charge >= 0.3 is 0 Å². The zero-order valence-electron chi connectivity index (χ0n) is 19.3. The Kier molecular flexibility index (Phi) is 6.72. The molecular formula is C25H28F2N6O2. The van der Waals surface area contributed by atoms with E-state index in [1.54, 1.807) is 18.3 Å². The minimum atomic E-state index is -0.603. The minimum absolute atomic E-state index is 0.0146. The van der Waals surface area contributed by atoms with Gasteiger partial charge in [0.2, 0.25) is 0 Å². The number of nitrogens with zero attached hydrogens (tertiary/aromatic N) is 4. The molecule has 3 heterocycles. The second-order valence-electron chi connectivity index (χ2n) is 9.15. The Morgan fingerprint density at radius 2 is 1.97 bits per heavy atom. The van der Waals surface area contributed by atoms with Gasteiger partial charge in [-0.1, -0.05) is 0 Å². The second-order valence-corrected chi connectivity index (χ2v) is 9.15. The van der Waals surface area contributed by atoms with E-state index in [9.17, 15) is 18.4 Å². The van der Waals surface area contributed by atoms with Crippen molar-refractivity contribution in [2.45, 2.75) is 31.2 Å². The van der Waals surface area contributed by atoms with Crippen LogP contribution in [0.5, 0.6) is 0 Å². The number of benzene rings is 1. The minimum Gasteiger partial charge on any atom is -0.368 e. The molecule has 1 aliphatic heterocycles. The predicted molar refractivity (Wildman–Crippen MR) is 129 cm³/mol. The van der Waals surface area contributed by atoms with Gasteiger partial charge in [-0.05, 0) is 49.6 Å². The molecule has 0 spiro atoms. The highest BCUT2D eigenvalue weighted by atomic mass is 19.1. The number of rotatable bonds is 6. The predicted octanol–water partition coefficient (Wildman–Crippen LogP) is 2.61. The first-order valence-electron chi connectivity index (χ1n) is 12.0. The van der Waals surface area contributed by atoms with Crippen LogP contribution in [0.4, 0.5) is 14.5 Å². The summed E-state index contributed by atoms with van der Waals surface area (Å²) in [4.78, 5) is 40.8. The molecule has 3 aromatic rings. The van der Waals surface area contributed by atoms with Gasteiger partial charge in [0.05, 0.1) is 22.8 Å². The van der Waals surface area contributed by atoms with E-state index in [-0.39, 0.29) is 35.0 Å². The number of halogens is 2. The van der Waals surface area contributed by atoms with Crippen LogP contribution in [-0.2, 0) is 0 Å². The molecule has 2 fully saturated rings. The van der Waals surface area contributed by atoms with Gasteiger partial charge in [-0.2, -0.15) is 0 Å². The number of hydrogen-bond donors (Lipinski definition) is 2. The number of carbonyl (C=O) groups excluding carboxylic acids is 1. The Morgan fingerprint density at radius 1 is 1.14 bits per heavy atom. The lowest BCUT2D eigenvalue weighted by molar-refractivity contribution is 0.0946. The maximum atomic E-state index is 13.5. The summed E-state index contributed by atoms with van der Waals surface area (Å²) in [6.07, 6.45) is 4.62. The number of carbonyl (C=O) groups is 1. The normalized spacial score (nSPS) is 20.9. The van der Waals surface area contributed by atoms with Crippen LogP contribution in [0.3, 0.4) is 0 Å². The number of aromatic amines is 1. The van der Waals surface area contributed by atoms with Crippen LogP contribution in [0, 0.1) is 5.82 Å². The zero-order valence-corrected chi connectivity index (χ0v) is 19.3. The summed E-state index contributed by atoms with van der Waals surface area (Å²) in [5.41, 5.74) is 1.48. The van der Waals surface area contributed by atoms with Crippen molar-refractivity contribution in [1.82, 2.24) is 25.2 Å². The fraction of sp³-hybridized carbons (Fsp3) is 0.440. The summed E-state index contributed by atoms with van der Waals surface area (Å²) in [6.45, 7) is 2.92. The Hall–Kier alpha value is -3.40. The molecule has 2 aromatic heterocycles. The molecule has 1 amide bonds. The highest BCUT2D eigenvalue weighted by Crippen LogP contribution is 2.36. The summed E-state index contributed by atoms with van der Waals surface area (Å²) >= 11 is 0. The molecule has 1 saturated heterocycles. The zero-order chi connectivity index (χ0) is 24.4. The molecule has 5 rings (SSSR count). The average molecular weight is 483 g/mol. The molecule has 1 aliphatic carbocycles. The monoisotopic (exact) mass is 482 g/mol. The van der Waals surface area contributed by atoms with Crippen molar-refractivity contribution in [2.75, 3.05) is 44.3 Å². The Bertz CT molecular complexity index is 1260.